The Hall–Kier alpha value is -1.18. The van der Waals surface area contributed by atoms with Crippen LogP contribution in [0.4, 0.5) is 0 Å². The van der Waals surface area contributed by atoms with Gasteiger partial charge in [-0.25, -0.2) is 0 Å². The summed E-state index contributed by atoms with van der Waals surface area (Å²) in [7, 11) is 12.9. The fourth-order valence-electron chi connectivity index (χ4n) is 2.72. The van der Waals surface area contributed by atoms with Crippen molar-refractivity contribution in [1.82, 2.24) is 9.97 Å². The van der Waals surface area contributed by atoms with Gasteiger partial charge in [-0.3, -0.25) is 9.97 Å². The van der Waals surface area contributed by atoms with Gasteiger partial charge >= 0.3 is 97.5 Å². The van der Waals surface area contributed by atoms with Gasteiger partial charge in [-0.05, 0) is 12.1 Å². The molecule has 4 aromatic heterocycles. The monoisotopic (exact) mass is 536 g/mol. The van der Waals surface area contributed by atoms with Crippen molar-refractivity contribution in [3.8, 4) is 0 Å². The first-order valence-electron chi connectivity index (χ1n) is 8.20. The zero-order valence-electron chi connectivity index (χ0n) is 14.0. The summed E-state index contributed by atoms with van der Waals surface area (Å²) in [6.07, 6.45) is 3.60. The first-order chi connectivity index (χ1) is 13.2. The number of hydrogen-bond acceptors (Lipinski definition) is 4. The van der Waals surface area contributed by atoms with Gasteiger partial charge in [-0.1, -0.05) is 24.3 Å². The maximum absolute atomic E-state index is 6.47. The van der Waals surface area contributed by atoms with E-state index in [1.807, 2.05) is 47.2 Å². The van der Waals surface area contributed by atoms with E-state index < -0.39 is 16.1 Å². The second kappa shape index (κ2) is 8.45. The Morgan fingerprint density at radius 3 is 1.52 bits per heavy atom. The third kappa shape index (κ3) is 4.15. The Morgan fingerprint density at radius 1 is 0.630 bits per heavy atom. The van der Waals surface area contributed by atoms with Crippen molar-refractivity contribution < 1.29 is 0 Å². The Bertz CT molecular complexity index is 1070. The molecule has 0 spiro atoms. The third-order valence-electron chi connectivity index (χ3n) is 4.01. The van der Waals surface area contributed by atoms with Gasteiger partial charge in [0.2, 0.25) is 0 Å². The molecule has 0 unspecified atom stereocenters. The minimum Gasteiger partial charge on any atom is -0.254 e. The number of nitrogens with zero attached hydrogens (tertiary/aromatic N) is 2. The summed E-state index contributed by atoms with van der Waals surface area (Å²) in [6, 6.07) is 20.2. The average Bonchev–Trinajstić information content (AvgIpc) is 3.43. The molecule has 7 heteroatoms. The number of benzene rings is 1. The number of pyridine rings is 2. The van der Waals surface area contributed by atoms with Crippen molar-refractivity contribution in [3.05, 3.63) is 83.8 Å². The van der Waals surface area contributed by atoms with E-state index in [1.165, 1.54) is 5.79 Å². The smallest absolute Gasteiger partial charge is 0.0964 e. The van der Waals surface area contributed by atoms with Crippen LogP contribution in [0.2, 0.25) is 0 Å². The average molecular weight is 536 g/mol. The zero-order chi connectivity index (χ0) is 18.7. The standard InChI is InChI=1S/C12H8N2.2C4H3S.2ClH.Sn/c1-3-9-5-6-10-4-2-8-14-12(10)11(9)13-7-1;2*1-2-4-5-3-1;;;/h1-8H;2*1-3H;2*1H;/q;;;;;+2/p-2. The maximum Gasteiger partial charge on any atom is 0.0964 e. The Morgan fingerprint density at radius 2 is 1.11 bits per heavy atom. The van der Waals surface area contributed by atoms with Crippen LogP contribution in [0.5, 0.6) is 0 Å². The third-order valence-corrected chi connectivity index (χ3v) is 24.5. The summed E-state index contributed by atoms with van der Waals surface area (Å²) in [5.41, 5.74) is 1.95. The number of thiophene rings is 2. The number of hydrogen-bond donors (Lipinski definition) is 0. The van der Waals surface area contributed by atoms with Gasteiger partial charge < -0.3 is 0 Å². The fraction of sp³-hybridized carbons (Fsp3) is 0. The molecule has 0 aliphatic rings. The first kappa shape index (κ1) is 19.1. The predicted molar refractivity (Wildman–Crippen MR) is 122 cm³/mol. The molecular formula is C20H14Cl2N2S2Sn. The molecule has 5 aromatic rings. The van der Waals surface area contributed by atoms with E-state index in [2.05, 4.69) is 34.2 Å². The van der Waals surface area contributed by atoms with Crippen LogP contribution in [0, 0.1) is 0 Å². The van der Waals surface area contributed by atoms with Gasteiger partial charge in [0.05, 0.1) is 11.0 Å². The quantitative estimate of drug-likeness (QED) is 0.216. The summed E-state index contributed by atoms with van der Waals surface area (Å²) in [5.74, 6) is 0. The van der Waals surface area contributed by atoms with E-state index in [4.69, 9.17) is 17.8 Å². The molecule has 5 rings (SSSR count). The van der Waals surface area contributed by atoms with Gasteiger partial charge in [-0.2, -0.15) is 0 Å². The number of halogens is 2. The van der Waals surface area contributed by atoms with E-state index in [0.29, 0.717) is 0 Å². The van der Waals surface area contributed by atoms with Crippen molar-refractivity contribution in [3.63, 3.8) is 0 Å². The van der Waals surface area contributed by atoms with Crippen LogP contribution in [-0.2, 0) is 0 Å². The molecule has 0 bridgehead atoms. The molecule has 0 saturated heterocycles. The van der Waals surface area contributed by atoms with Gasteiger partial charge in [0, 0.05) is 23.2 Å². The summed E-state index contributed by atoms with van der Waals surface area (Å²) in [4.78, 5) is 8.69. The molecule has 0 fully saturated rings. The molecule has 1 aromatic carbocycles. The number of aromatic nitrogens is 2. The Kier molecular flexibility index (Phi) is 5.99. The van der Waals surface area contributed by atoms with Gasteiger partial charge in [0.25, 0.3) is 0 Å². The molecule has 0 radical (unpaired) electrons. The Labute approximate surface area is 176 Å². The predicted octanol–water partition coefficient (Wildman–Crippen LogP) is 5.63. The first-order valence-corrected chi connectivity index (χ1v) is 20.0. The van der Waals surface area contributed by atoms with Crippen molar-refractivity contribution in [1.29, 1.82) is 0 Å². The molecule has 0 N–H and O–H groups in total. The molecule has 0 aliphatic heterocycles. The van der Waals surface area contributed by atoms with Crippen molar-refractivity contribution >= 4 is 84.2 Å². The topological polar surface area (TPSA) is 25.8 Å². The van der Waals surface area contributed by atoms with Crippen molar-refractivity contribution in [2.24, 2.45) is 0 Å². The minimum absolute atomic E-state index is 0.977. The van der Waals surface area contributed by atoms with E-state index in [-0.39, 0.29) is 0 Å². The molecule has 134 valence electrons. The number of rotatable bonds is 2. The molecule has 4 heterocycles. The largest absolute Gasteiger partial charge is 0.254 e. The summed E-state index contributed by atoms with van der Waals surface area (Å²) in [6.45, 7) is 0. The normalized spacial score (nSPS) is 11.3. The zero-order valence-corrected chi connectivity index (χ0v) is 20.0. The molecule has 0 amide bonds. The van der Waals surface area contributed by atoms with Crippen LogP contribution in [0.15, 0.2) is 83.8 Å². The second-order valence-corrected chi connectivity index (χ2v) is 25.0. The van der Waals surface area contributed by atoms with E-state index in [1.54, 1.807) is 35.1 Å². The summed E-state index contributed by atoms with van der Waals surface area (Å²) in [5, 5.41) is 6.33. The summed E-state index contributed by atoms with van der Waals surface area (Å²) < 4.78 is 2.36. The fourth-order valence-corrected chi connectivity index (χ4v) is 17.3. The maximum atomic E-state index is 6.47. The second-order valence-electron chi connectivity index (χ2n) is 5.74. The van der Waals surface area contributed by atoms with Crippen LogP contribution in [0.3, 0.4) is 0 Å². The van der Waals surface area contributed by atoms with Crippen LogP contribution in [0.1, 0.15) is 0 Å². The van der Waals surface area contributed by atoms with Crippen LogP contribution < -0.4 is 5.79 Å². The van der Waals surface area contributed by atoms with Crippen LogP contribution in [0.25, 0.3) is 21.8 Å². The van der Waals surface area contributed by atoms with Gasteiger partial charge in [0.1, 0.15) is 0 Å². The van der Waals surface area contributed by atoms with Gasteiger partial charge in [0.15, 0.2) is 0 Å². The molecule has 0 atom stereocenters. The van der Waals surface area contributed by atoms with Crippen molar-refractivity contribution in [2.75, 3.05) is 0 Å². The van der Waals surface area contributed by atoms with Crippen LogP contribution >= 0.6 is 40.5 Å². The van der Waals surface area contributed by atoms with E-state index in [0.717, 1.165) is 21.8 Å². The molecule has 2 nitrogen and oxygen atoms in total. The molecule has 0 aliphatic carbocycles. The van der Waals surface area contributed by atoms with Crippen molar-refractivity contribution in [2.45, 2.75) is 0 Å². The summed E-state index contributed by atoms with van der Waals surface area (Å²) >= 11 is 0.192. The molecule has 0 saturated carbocycles. The molecular weight excluding hydrogens is 522 g/mol. The van der Waals surface area contributed by atoms with E-state index in [9.17, 15) is 0 Å². The van der Waals surface area contributed by atoms with E-state index >= 15 is 0 Å². The number of fused-ring (bicyclic) bond motifs is 3. The molecule has 27 heavy (non-hydrogen) atoms. The van der Waals surface area contributed by atoms with Gasteiger partial charge in [-0.15, -0.1) is 0 Å². The SMILES string of the molecule is [Cl][Sn]([Cl])([c]1cccs1)[c]1cccs1.c1cnc2c(c1)ccc1cccnc12. The van der Waals surface area contributed by atoms with Crippen LogP contribution in [-0.4, -0.2) is 26.1 Å². The Balaban J connectivity index is 0.000000134. The minimum atomic E-state index is -3.14.